The number of fused-ring (bicyclic) bond motifs is 1. The van der Waals surface area contributed by atoms with Crippen LogP contribution in [0.25, 0.3) is 0 Å². The zero-order valence-corrected chi connectivity index (χ0v) is 11.7. The van der Waals surface area contributed by atoms with Crippen molar-refractivity contribution in [2.75, 3.05) is 0 Å². The summed E-state index contributed by atoms with van der Waals surface area (Å²) < 4.78 is 5.52. The lowest BCUT2D eigenvalue weighted by molar-refractivity contribution is 0.0895. The maximum Gasteiger partial charge on any atom is 0.289 e. The summed E-state index contributed by atoms with van der Waals surface area (Å²) in [6.07, 6.45) is 7.05. The second kappa shape index (κ2) is 4.99. The molecule has 104 valence electrons. The van der Waals surface area contributed by atoms with Crippen molar-refractivity contribution in [2.45, 2.75) is 58.4 Å². The highest BCUT2D eigenvalue weighted by molar-refractivity contribution is 5.92. The van der Waals surface area contributed by atoms with Gasteiger partial charge in [0, 0.05) is 12.5 Å². The van der Waals surface area contributed by atoms with Gasteiger partial charge >= 0.3 is 0 Å². The Hall–Kier alpha value is -1.32. The Morgan fingerprint density at radius 3 is 2.95 bits per heavy atom. The molecule has 0 bridgehead atoms. The molecule has 2 fully saturated rings. The number of nitrogens with one attached hydrogen (secondary N) is 1. The molecule has 0 aliphatic heterocycles. The molecule has 3 rings (SSSR count). The summed E-state index contributed by atoms with van der Waals surface area (Å²) in [5.74, 6) is 2.50. The minimum atomic E-state index is -0.0813. The van der Waals surface area contributed by atoms with Crippen LogP contribution < -0.4 is 5.32 Å². The number of hydrogen-bond acceptors (Lipinski definition) is 3. The van der Waals surface area contributed by atoms with Gasteiger partial charge in [-0.1, -0.05) is 19.8 Å². The molecule has 0 radical (unpaired) electrons. The normalized spacial score (nSPS) is 29.5. The Labute approximate surface area is 114 Å². The highest BCUT2D eigenvalue weighted by atomic mass is 16.4. The number of carbonyl (C=O) groups excluding carboxylic acids is 1. The van der Waals surface area contributed by atoms with Gasteiger partial charge in [0.05, 0.1) is 5.69 Å². The lowest BCUT2D eigenvalue weighted by Crippen LogP contribution is -2.37. The van der Waals surface area contributed by atoms with E-state index in [0.29, 0.717) is 29.3 Å². The van der Waals surface area contributed by atoms with Gasteiger partial charge < -0.3 is 9.73 Å². The van der Waals surface area contributed by atoms with Crippen LogP contribution in [0.4, 0.5) is 0 Å². The van der Waals surface area contributed by atoms with Crippen LogP contribution in [0.2, 0.25) is 0 Å². The number of hydrogen-bond donors (Lipinski definition) is 1. The molecule has 2 aliphatic rings. The Balaban J connectivity index is 1.69. The summed E-state index contributed by atoms with van der Waals surface area (Å²) in [5.41, 5.74) is 0.704. The van der Waals surface area contributed by atoms with E-state index in [1.54, 1.807) is 0 Å². The second-order valence-electron chi connectivity index (χ2n) is 5.89. The summed E-state index contributed by atoms with van der Waals surface area (Å²) >= 11 is 0. The van der Waals surface area contributed by atoms with E-state index in [-0.39, 0.29) is 5.91 Å². The first-order chi connectivity index (χ1) is 9.19. The van der Waals surface area contributed by atoms with Crippen molar-refractivity contribution in [3.8, 4) is 0 Å². The van der Waals surface area contributed by atoms with Gasteiger partial charge in [0.15, 0.2) is 5.89 Å². The number of oxazole rings is 1. The lowest BCUT2D eigenvalue weighted by Gasteiger charge is -2.19. The standard InChI is InChI=1S/C15H22N2O2/c1-3-13-16-9(2)14(19-13)15(18)17-12-8-7-10-5-4-6-11(10)12/h10-12H,3-8H2,1-2H3,(H,17,18)/t10-,11-,12-/m1/s1. The van der Waals surface area contributed by atoms with Crippen LogP contribution in [0.1, 0.15) is 61.2 Å². The maximum absolute atomic E-state index is 12.3. The summed E-state index contributed by atoms with van der Waals surface area (Å²) in [4.78, 5) is 16.6. The third kappa shape index (κ3) is 2.28. The Bertz CT molecular complexity index is 480. The monoisotopic (exact) mass is 262 g/mol. The van der Waals surface area contributed by atoms with Crippen molar-refractivity contribution < 1.29 is 9.21 Å². The summed E-state index contributed by atoms with van der Waals surface area (Å²) in [6, 6.07) is 0.342. The molecule has 1 aromatic heterocycles. The Morgan fingerprint density at radius 2 is 2.21 bits per heavy atom. The average molecular weight is 262 g/mol. The Kier molecular flexibility index (Phi) is 3.33. The molecule has 1 N–H and O–H groups in total. The highest BCUT2D eigenvalue weighted by Gasteiger charge is 2.40. The van der Waals surface area contributed by atoms with Gasteiger partial charge in [0.2, 0.25) is 5.76 Å². The summed E-state index contributed by atoms with van der Waals surface area (Å²) in [7, 11) is 0. The van der Waals surface area contributed by atoms with Crippen molar-refractivity contribution in [2.24, 2.45) is 11.8 Å². The fraction of sp³-hybridized carbons (Fsp3) is 0.733. The number of carbonyl (C=O) groups is 1. The quantitative estimate of drug-likeness (QED) is 0.911. The predicted octanol–water partition coefficient (Wildman–Crippen LogP) is 2.85. The zero-order valence-electron chi connectivity index (χ0n) is 11.7. The van der Waals surface area contributed by atoms with Gasteiger partial charge in [-0.15, -0.1) is 0 Å². The van der Waals surface area contributed by atoms with Gasteiger partial charge in [0.25, 0.3) is 5.91 Å². The molecule has 4 nitrogen and oxygen atoms in total. The molecular formula is C15H22N2O2. The van der Waals surface area contributed by atoms with Gasteiger partial charge in [0.1, 0.15) is 0 Å². The molecule has 0 saturated heterocycles. The third-order valence-corrected chi connectivity index (χ3v) is 4.75. The van der Waals surface area contributed by atoms with Crippen LogP contribution in [0.5, 0.6) is 0 Å². The van der Waals surface area contributed by atoms with E-state index in [9.17, 15) is 4.79 Å². The first kappa shape index (κ1) is 12.7. The molecule has 4 heteroatoms. The fourth-order valence-electron chi connectivity index (χ4n) is 3.79. The lowest BCUT2D eigenvalue weighted by atomic mass is 9.97. The molecule has 2 saturated carbocycles. The molecule has 0 unspecified atom stereocenters. The van der Waals surface area contributed by atoms with Gasteiger partial charge in [-0.2, -0.15) is 0 Å². The third-order valence-electron chi connectivity index (χ3n) is 4.75. The minimum Gasteiger partial charge on any atom is -0.435 e. The van der Waals surface area contributed by atoms with Crippen molar-refractivity contribution >= 4 is 5.91 Å². The van der Waals surface area contributed by atoms with E-state index < -0.39 is 0 Å². The average Bonchev–Trinajstić information content (AvgIpc) is 3.06. The molecule has 1 heterocycles. The van der Waals surface area contributed by atoms with Crippen molar-refractivity contribution in [3.63, 3.8) is 0 Å². The number of aryl methyl sites for hydroxylation is 2. The molecule has 2 aliphatic carbocycles. The molecule has 0 spiro atoms. The molecule has 1 aromatic rings. The molecule has 3 atom stereocenters. The van der Waals surface area contributed by atoms with Crippen LogP contribution in [0.15, 0.2) is 4.42 Å². The van der Waals surface area contributed by atoms with Crippen molar-refractivity contribution in [1.29, 1.82) is 0 Å². The highest BCUT2D eigenvalue weighted by Crippen LogP contribution is 2.44. The van der Waals surface area contributed by atoms with Crippen LogP contribution in [-0.4, -0.2) is 16.9 Å². The van der Waals surface area contributed by atoms with Crippen LogP contribution in [0.3, 0.4) is 0 Å². The van der Waals surface area contributed by atoms with E-state index in [1.165, 1.54) is 25.7 Å². The minimum absolute atomic E-state index is 0.0813. The van der Waals surface area contributed by atoms with Gasteiger partial charge in [-0.25, -0.2) is 4.98 Å². The molecule has 1 amide bonds. The number of rotatable bonds is 3. The van der Waals surface area contributed by atoms with Gasteiger partial charge in [-0.3, -0.25) is 4.79 Å². The van der Waals surface area contributed by atoms with Gasteiger partial charge in [-0.05, 0) is 38.0 Å². The van der Waals surface area contributed by atoms with E-state index in [1.807, 2.05) is 13.8 Å². The zero-order chi connectivity index (χ0) is 13.4. The topological polar surface area (TPSA) is 55.1 Å². The number of aromatic nitrogens is 1. The SMILES string of the molecule is CCc1nc(C)c(C(=O)N[C@@H]2CC[C@H]3CCC[C@H]32)o1. The first-order valence-electron chi connectivity index (χ1n) is 7.46. The van der Waals surface area contributed by atoms with Crippen molar-refractivity contribution in [3.05, 3.63) is 17.3 Å². The molecule has 0 aromatic carbocycles. The number of amides is 1. The van der Waals surface area contributed by atoms with E-state index in [4.69, 9.17) is 4.42 Å². The van der Waals surface area contributed by atoms with Crippen LogP contribution in [-0.2, 0) is 6.42 Å². The predicted molar refractivity (Wildman–Crippen MR) is 71.9 cm³/mol. The smallest absolute Gasteiger partial charge is 0.289 e. The van der Waals surface area contributed by atoms with E-state index in [2.05, 4.69) is 10.3 Å². The van der Waals surface area contributed by atoms with Crippen molar-refractivity contribution in [1.82, 2.24) is 10.3 Å². The number of nitrogens with zero attached hydrogens (tertiary/aromatic N) is 1. The summed E-state index contributed by atoms with van der Waals surface area (Å²) in [5, 5.41) is 3.17. The van der Waals surface area contributed by atoms with E-state index >= 15 is 0 Å². The fourth-order valence-corrected chi connectivity index (χ4v) is 3.79. The second-order valence-corrected chi connectivity index (χ2v) is 5.89. The Morgan fingerprint density at radius 1 is 1.37 bits per heavy atom. The molecular weight excluding hydrogens is 240 g/mol. The van der Waals surface area contributed by atoms with Crippen LogP contribution in [0, 0.1) is 18.8 Å². The summed E-state index contributed by atoms with van der Waals surface area (Å²) in [6.45, 7) is 3.82. The largest absolute Gasteiger partial charge is 0.435 e. The maximum atomic E-state index is 12.3. The first-order valence-corrected chi connectivity index (χ1v) is 7.46. The van der Waals surface area contributed by atoms with Crippen LogP contribution >= 0.6 is 0 Å². The van der Waals surface area contributed by atoms with E-state index in [0.717, 1.165) is 18.8 Å². The molecule has 19 heavy (non-hydrogen) atoms.